The Kier molecular flexibility index (Phi) is 5.17. The van der Waals surface area contributed by atoms with Gasteiger partial charge in [-0.15, -0.1) is 0 Å². The summed E-state index contributed by atoms with van der Waals surface area (Å²) >= 11 is 0. The zero-order valence-electron chi connectivity index (χ0n) is 12.2. The molecule has 6 heteroatoms. The molecule has 0 aliphatic carbocycles. The van der Waals surface area contributed by atoms with Crippen molar-refractivity contribution in [2.24, 2.45) is 0 Å². The van der Waals surface area contributed by atoms with Gasteiger partial charge in [0.05, 0.1) is 0 Å². The molecule has 0 bridgehead atoms. The van der Waals surface area contributed by atoms with Crippen molar-refractivity contribution in [1.82, 2.24) is 9.80 Å². The van der Waals surface area contributed by atoms with E-state index in [2.05, 4.69) is 0 Å². The molecule has 0 spiro atoms. The molecule has 0 radical (unpaired) electrons. The van der Waals surface area contributed by atoms with Crippen LogP contribution >= 0.6 is 0 Å². The quantitative estimate of drug-likeness (QED) is 0.841. The molecule has 1 amide bonds. The molecule has 1 fully saturated rings. The van der Waals surface area contributed by atoms with Crippen LogP contribution in [0.1, 0.15) is 34.1 Å². The van der Waals surface area contributed by atoms with Crippen molar-refractivity contribution in [3.8, 4) is 0 Å². The Hall–Kier alpha value is -1.30. The van der Waals surface area contributed by atoms with Crippen LogP contribution < -0.4 is 0 Å². The van der Waals surface area contributed by atoms with Gasteiger partial charge in [0.15, 0.2) is 0 Å². The number of hydrogen-bond donors (Lipinski definition) is 1. The smallest absolute Gasteiger partial charge is 0.410 e. The number of ether oxygens (including phenoxy) is 1. The normalized spacial score (nSPS) is 19.1. The van der Waals surface area contributed by atoms with E-state index < -0.39 is 17.6 Å². The summed E-state index contributed by atoms with van der Waals surface area (Å²) in [5.74, 6) is -0.798. The first kappa shape index (κ1) is 15.8. The second-order valence-electron chi connectivity index (χ2n) is 5.77. The van der Waals surface area contributed by atoms with Crippen LogP contribution in [0, 0.1) is 0 Å². The highest BCUT2D eigenvalue weighted by Crippen LogP contribution is 2.14. The molecule has 1 saturated heterocycles. The Labute approximate surface area is 114 Å². The highest BCUT2D eigenvalue weighted by Gasteiger charge is 2.30. The molecule has 1 rings (SSSR count). The Bertz CT molecular complexity index is 330. The summed E-state index contributed by atoms with van der Waals surface area (Å²) < 4.78 is 5.30. The molecule has 110 valence electrons. The Morgan fingerprint density at radius 1 is 1.21 bits per heavy atom. The van der Waals surface area contributed by atoms with Gasteiger partial charge < -0.3 is 14.7 Å². The summed E-state index contributed by atoms with van der Waals surface area (Å²) in [4.78, 5) is 26.5. The predicted molar refractivity (Wildman–Crippen MR) is 71.1 cm³/mol. The monoisotopic (exact) mass is 272 g/mol. The molecular weight excluding hydrogens is 248 g/mol. The maximum Gasteiger partial charge on any atom is 0.410 e. The van der Waals surface area contributed by atoms with E-state index in [1.807, 2.05) is 32.6 Å². The summed E-state index contributed by atoms with van der Waals surface area (Å²) in [6, 6.07) is -0.458. The van der Waals surface area contributed by atoms with E-state index in [1.165, 1.54) is 0 Å². The molecule has 1 atom stereocenters. The zero-order chi connectivity index (χ0) is 14.6. The summed E-state index contributed by atoms with van der Waals surface area (Å²) in [5.41, 5.74) is -0.499. The molecule has 1 aliphatic heterocycles. The number of amides is 1. The Balaban J connectivity index is 2.49. The maximum atomic E-state index is 11.9. The highest BCUT2D eigenvalue weighted by atomic mass is 16.6. The third kappa shape index (κ3) is 4.70. The van der Waals surface area contributed by atoms with E-state index in [0.717, 1.165) is 0 Å². The van der Waals surface area contributed by atoms with Crippen molar-refractivity contribution in [2.75, 3.05) is 26.2 Å². The van der Waals surface area contributed by atoms with Crippen molar-refractivity contribution in [3.05, 3.63) is 0 Å². The number of carboxylic acid groups (broad SMARTS) is 1. The van der Waals surface area contributed by atoms with Gasteiger partial charge in [0.2, 0.25) is 0 Å². The van der Waals surface area contributed by atoms with Gasteiger partial charge in [0.1, 0.15) is 11.6 Å². The molecular formula is C13H24N2O4. The molecule has 1 aliphatic rings. The van der Waals surface area contributed by atoms with Crippen molar-refractivity contribution in [2.45, 2.75) is 45.8 Å². The summed E-state index contributed by atoms with van der Waals surface area (Å²) in [7, 11) is 0. The number of hydrogen-bond acceptors (Lipinski definition) is 4. The maximum absolute atomic E-state index is 11.9. The second-order valence-corrected chi connectivity index (χ2v) is 5.77. The van der Waals surface area contributed by atoms with E-state index in [-0.39, 0.29) is 6.09 Å². The largest absolute Gasteiger partial charge is 0.480 e. The topological polar surface area (TPSA) is 70.1 Å². The molecule has 1 heterocycles. The number of aliphatic carboxylic acids is 1. The van der Waals surface area contributed by atoms with Crippen molar-refractivity contribution >= 4 is 12.1 Å². The average Bonchev–Trinajstić information content (AvgIpc) is 2.28. The van der Waals surface area contributed by atoms with Gasteiger partial charge in [-0.1, -0.05) is 6.92 Å². The number of carboxylic acids is 1. The fourth-order valence-electron chi connectivity index (χ4n) is 2.13. The molecule has 0 aromatic carbocycles. The molecule has 0 unspecified atom stereocenters. The second kappa shape index (κ2) is 6.23. The van der Waals surface area contributed by atoms with Crippen LogP contribution in [0.2, 0.25) is 0 Å². The Morgan fingerprint density at radius 3 is 2.11 bits per heavy atom. The number of nitrogens with zero attached hydrogens (tertiary/aromatic N) is 2. The number of rotatable bonds is 3. The lowest BCUT2D eigenvalue weighted by atomic mass is 10.1. The van der Waals surface area contributed by atoms with Gasteiger partial charge in [-0.2, -0.15) is 0 Å². The van der Waals surface area contributed by atoms with Crippen molar-refractivity contribution < 1.29 is 19.4 Å². The summed E-state index contributed by atoms with van der Waals surface area (Å²) in [6.07, 6.45) is 0.248. The van der Waals surface area contributed by atoms with E-state index in [1.54, 1.807) is 4.90 Å². The van der Waals surface area contributed by atoms with Gasteiger partial charge >= 0.3 is 12.1 Å². The van der Waals surface area contributed by atoms with Gasteiger partial charge in [0, 0.05) is 26.2 Å². The minimum Gasteiger partial charge on any atom is -0.480 e. The van der Waals surface area contributed by atoms with Crippen LogP contribution in [0.4, 0.5) is 4.79 Å². The van der Waals surface area contributed by atoms with E-state index >= 15 is 0 Å². The van der Waals surface area contributed by atoms with Crippen LogP contribution in [0.3, 0.4) is 0 Å². The fourth-order valence-corrected chi connectivity index (χ4v) is 2.13. The molecule has 1 N–H and O–H groups in total. The van der Waals surface area contributed by atoms with Crippen LogP contribution in [-0.4, -0.2) is 64.8 Å². The van der Waals surface area contributed by atoms with Crippen LogP contribution in [0.5, 0.6) is 0 Å². The lowest BCUT2D eigenvalue weighted by Crippen LogP contribution is -2.54. The summed E-state index contributed by atoms with van der Waals surface area (Å²) in [6.45, 7) is 9.53. The molecule has 0 aromatic heterocycles. The zero-order valence-corrected chi connectivity index (χ0v) is 12.2. The lowest BCUT2D eigenvalue weighted by Gasteiger charge is -2.37. The first-order valence-corrected chi connectivity index (χ1v) is 6.69. The van der Waals surface area contributed by atoms with Crippen LogP contribution in [-0.2, 0) is 9.53 Å². The predicted octanol–water partition coefficient (Wildman–Crippen LogP) is 1.40. The first-order chi connectivity index (χ1) is 8.74. The minimum absolute atomic E-state index is 0.324. The number of carbonyl (C=O) groups excluding carboxylic acids is 1. The Morgan fingerprint density at radius 2 is 1.74 bits per heavy atom. The van der Waals surface area contributed by atoms with Gasteiger partial charge in [-0.25, -0.2) is 4.79 Å². The molecule has 19 heavy (non-hydrogen) atoms. The number of piperazine rings is 1. The van der Waals surface area contributed by atoms with E-state index in [0.29, 0.717) is 32.6 Å². The van der Waals surface area contributed by atoms with Gasteiger partial charge in [-0.05, 0) is 27.2 Å². The molecule has 0 saturated carbocycles. The summed E-state index contributed by atoms with van der Waals surface area (Å²) in [5, 5.41) is 9.11. The van der Waals surface area contributed by atoms with Crippen molar-refractivity contribution in [3.63, 3.8) is 0 Å². The first-order valence-electron chi connectivity index (χ1n) is 6.69. The SMILES string of the molecule is CC[C@H](C(=O)O)N1CCN(C(=O)OC(C)(C)C)CC1. The average molecular weight is 272 g/mol. The fraction of sp³-hybridized carbons (Fsp3) is 0.846. The van der Waals surface area contributed by atoms with Crippen LogP contribution in [0.25, 0.3) is 0 Å². The number of carbonyl (C=O) groups is 2. The van der Waals surface area contributed by atoms with Crippen molar-refractivity contribution in [1.29, 1.82) is 0 Å². The standard InChI is InChI=1S/C13H24N2O4/c1-5-10(11(16)17)14-6-8-15(9-7-14)12(18)19-13(2,3)4/h10H,5-9H2,1-4H3,(H,16,17)/t10-/m1/s1. The minimum atomic E-state index is -0.798. The molecule has 6 nitrogen and oxygen atoms in total. The molecule has 0 aromatic rings. The van der Waals surface area contributed by atoms with E-state index in [4.69, 9.17) is 9.84 Å². The van der Waals surface area contributed by atoms with Gasteiger partial charge in [0.25, 0.3) is 0 Å². The van der Waals surface area contributed by atoms with E-state index in [9.17, 15) is 9.59 Å². The third-order valence-corrected chi connectivity index (χ3v) is 3.08. The third-order valence-electron chi connectivity index (χ3n) is 3.08. The lowest BCUT2D eigenvalue weighted by molar-refractivity contribution is -0.144. The van der Waals surface area contributed by atoms with Crippen LogP contribution in [0.15, 0.2) is 0 Å². The van der Waals surface area contributed by atoms with Gasteiger partial charge in [-0.3, -0.25) is 9.69 Å². The highest BCUT2D eigenvalue weighted by molar-refractivity contribution is 5.73.